The molecule has 2 amide bonds. The Kier molecular flexibility index (Phi) is 5.51. The number of carbonyl (C=O) groups is 2. The number of carbonyl (C=O) groups excluding carboxylic acids is 2. The summed E-state index contributed by atoms with van der Waals surface area (Å²) in [5, 5.41) is 4.37. The van der Waals surface area contributed by atoms with Gasteiger partial charge in [-0.1, -0.05) is 56.0 Å². The van der Waals surface area contributed by atoms with Crippen molar-refractivity contribution in [2.45, 2.75) is 77.4 Å². The predicted octanol–water partition coefficient (Wildman–Crippen LogP) is 5.52. The van der Waals surface area contributed by atoms with Crippen molar-refractivity contribution in [1.82, 2.24) is 9.88 Å². The number of benzene rings is 2. The molecule has 2 aliphatic rings. The molecule has 1 aromatic heterocycles. The van der Waals surface area contributed by atoms with Crippen LogP contribution in [-0.4, -0.2) is 28.0 Å². The van der Waals surface area contributed by atoms with Gasteiger partial charge in [0.05, 0.1) is 6.54 Å². The normalized spacial score (nSPS) is 21.7. The molecular weight excluding hydrogens is 410 g/mol. The van der Waals surface area contributed by atoms with Crippen molar-refractivity contribution in [1.29, 1.82) is 0 Å². The number of nitrogens with zero attached hydrogens (tertiary/aromatic N) is 2. The third-order valence-electron chi connectivity index (χ3n) is 7.48. The Hall–Kier alpha value is -3.08. The zero-order chi connectivity index (χ0) is 23.2. The van der Waals surface area contributed by atoms with E-state index in [4.69, 9.17) is 0 Å². The number of para-hydroxylation sites is 1. The Morgan fingerprint density at radius 2 is 1.73 bits per heavy atom. The van der Waals surface area contributed by atoms with Crippen molar-refractivity contribution < 1.29 is 9.59 Å². The number of amides is 2. The first-order valence-corrected chi connectivity index (χ1v) is 12.2. The van der Waals surface area contributed by atoms with Gasteiger partial charge in [-0.15, -0.1) is 0 Å². The molecule has 2 aromatic carbocycles. The molecule has 0 bridgehead atoms. The van der Waals surface area contributed by atoms with Crippen LogP contribution in [0.25, 0.3) is 10.9 Å². The number of aromatic nitrogens is 1. The van der Waals surface area contributed by atoms with Gasteiger partial charge in [0.25, 0.3) is 5.91 Å². The molecule has 5 rings (SSSR count). The summed E-state index contributed by atoms with van der Waals surface area (Å²) in [6.45, 7) is 6.39. The van der Waals surface area contributed by atoms with Crippen LogP contribution in [0.3, 0.4) is 0 Å². The highest BCUT2D eigenvalue weighted by Gasteiger charge is 2.49. The maximum Gasteiger partial charge on any atom is 0.275 e. The van der Waals surface area contributed by atoms with E-state index < -0.39 is 5.54 Å². The van der Waals surface area contributed by atoms with E-state index in [1.165, 1.54) is 12.8 Å². The number of hydrogen-bond acceptors (Lipinski definition) is 2. The lowest BCUT2D eigenvalue weighted by atomic mass is 9.91. The lowest BCUT2D eigenvalue weighted by Gasteiger charge is -2.45. The fourth-order valence-electron chi connectivity index (χ4n) is 5.55. The van der Waals surface area contributed by atoms with Crippen LogP contribution in [-0.2, 0) is 11.3 Å². The largest absolute Gasteiger partial charge is 0.351 e. The van der Waals surface area contributed by atoms with Crippen molar-refractivity contribution in [3.8, 4) is 0 Å². The van der Waals surface area contributed by atoms with Crippen LogP contribution in [0.15, 0.2) is 48.5 Å². The maximum atomic E-state index is 14.0. The van der Waals surface area contributed by atoms with Gasteiger partial charge in [0.1, 0.15) is 11.2 Å². The second-order valence-corrected chi connectivity index (χ2v) is 10.0. The minimum absolute atomic E-state index is 0.0629. The van der Waals surface area contributed by atoms with Gasteiger partial charge >= 0.3 is 0 Å². The molecule has 1 saturated carbocycles. The van der Waals surface area contributed by atoms with E-state index in [2.05, 4.69) is 5.32 Å². The van der Waals surface area contributed by atoms with E-state index in [0.717, 1.165) is 53.4 Å². The average Bonchev–Trinajstić information content (AvgIpc) is 2.97. The smallest absolute Gasteiger partial charge is 0.275 e. The van der Waals surface area contributed by atoms with Crippen LogP contribution in [0.4, 0.5) is 5.69 Å². The molecule has 1 aliphatic heterocycles. The molecule has 1 N–H and O–H groups in total. The summed E-state index contributed by atoms with van der Waals surface area (Å²) in [5.74, 6) is -0.184. The Balaban J connectivity index is 1.62. The maximum absolute atomic E-state index is 14.0. The zero-order valence-corrected chi connectivity index (χ0v) is 19.9. The third-order valence-corrected chi connectivity index (χ3v) is 7.48. The first kappa shape index (κ1) is 21.7. The summed E-state index contributed by atoms with van der Waals surface area (Å²) in [7, 11) is 0. The number of fused-ring (bicyclic) bond motifs is 3. The summed E-state index contributed by atoms with van der Waals surface area (Å²) in [4.78, 5) is 29.8. The quantitative estimate of drug-likeness (QED) is 0.542. The lowest BCUT2D eigenvalue weighted by Crippen LogP contribution is -2.65. The standard InChI is InChI=1S/C28H33N3O2/c1-19-14-15-20(2)24(16-19)31-26(32)25-17-21-10-8-9-13-23(21)30(25)18-28(31,3)27(33)29-22-11-6-4-5-7-12-22/h8-10,13-17,22H,4-7,11-12,18H2,1-3H3,(H,29,33)/t28-/m0/s1. The molecule has 0 spiro atoms. The summed E-state index contributed by atoms with van der Waals surface area (Å²) in [5.41, 5.74) is 3.48. The summed E-state index contributed by atoms with van der Waals surface area (Å²) in [6, 6.07) is 16.3. The minimum atomic E-state index is -1.03. The van der Waals surface area contributed by atoms with Crippen molar-refractivity contribution in [2.24, 2.45) is 0 Å². The van der Waals surface area contributed by atoms with Crippen molar-refractivity contribution in [3.05, 3.63) is 65.4 Å². The molecule has 33 heavy (non-hydrogen) atoms. The molecule has 172 valence electrons. The third kappa shape index (κ3) is 3.73. The van der Waals surface area contributed by atoms with Crippen molar-refractivity contribution >= 4 is 28.4 Å². The topological polar surface area (TPSA) is 54.3 Å². The number of anilines is 1. The van der Waals surface area contributed by atoms with Crippen molar-refractivity contribution in [3.63, 3.8) is 0 Å². The van der Waals surface area contributed by atoms with Gasteiger partial charge in [-0.25, -0.2) is 0 Å². The first-order chi connectivity index (χ1) is 15.9. The molecule has 5 heteroatoms. The Labute approximate surface area is 195 Å². The number of aryl methyl sites for hydroxylation is 2. The van der Waals surface area contributed by atoms with E-state index in [9.17, 15) is 9.59 Å². The number of nitrogens with one attached hydrogen (secondary N) is 1. The van der Waals surface area contributed by atoms with E-state index >= 15 is 0 Å². The molecule has 1 fully saturated rings. The zero-order valence-electron chi connectivity index (χ0n) is 19.9. The lowest BCUT2D eigenvalue weighted by molar-refractivity contribution is -0.127. The molecule has 0 radical (unpaired) electrons. The monoisotopic (exact) mass is 443 g/mol. The average molecular weight is 444 g/mol. The van der Waals surface area contributed by atoms with Crippen LogP contribution >= 0.6 is 0 Å². The molecule has 0 saturated heterocycles. The van der Waals surface area contributed by atoms with Crippen LogP contribution in [0.2, 0.25) is 0 Å². The van der Waals surface area contributed by atoms with Gasteiger partial charge in [0.15, 0.2) is 0 Å². The van der Waals surface area contributed by atoms with E-state index in [-0.39, 0.29) is 17.9 Å². The fourth-order valence-corrected chi connectivity index (χ4v) is 5.55. The van der Waals surface area contributed by atoms with Crippen molar-refractivity contribution in [2.75, 3.05) is 4.90 Å². The van der Waals surface area contributed by atoms with Gasteiger partial charge in [0, 0.05) is 22.6 Å². The van der Waals surface area contributed by atoms with Gasteiger partial charge in [-0.2, -0.15) is 0 Å². The van der Waals surface area contributed by atoms with E-state index in [1.54, 1.807) is 4.90 Å². The van der Waals surface area contributed by atoms with Crippen LogP contribution < -0.4 is 10.2 Å². The Morgan fingerprint density at radius 1 is 1.00 bits per heavy atom. The first-order valence-electron chi connectivity index (χ1n) is 12.2. The number of hydrogen-bond donors (Lipinski definition) is 1. The van der Waals surface area contributed by atoms with E-state index in [1.807, 2.05) is 73.9 Å². The molecular formula is C28H33N3O2. The van der Waals surface area contributed by atoms with Gasteiger partial charge in [0.2, 0.25) is 5.91 Å². The molecule has 0 unspecified atom stereocenters. The van der Waals surface area contributed by atoms with E-state index in [0.29, 0.717) is 12.2 Å². The van der Waals surface area contributed by atoms with Crippen LogP contribution in [0.1, 0.15) is 67.1 Å². The van der Waals surface area contributed by atoms with Crippen LogP contribution in [0.5, 0.6) is 0 Å². The predicted molar refractivity (Wildman–Crippen MR) is 133 cm³/mol. The highest BCUT2D eigenvalue weighted by Crippen LogP contribution is 2.38. The second-order valence-electron chi connectivity index (χ2n) is 10.0. The SMILES string of the molecule is Cc1ccc(C)c(N2C(=O)c3cc4ccccc4n3C[C@@]2(C)C(=O)NC2CCCCCC2)c1. The summed E-state index contributed by atoms with van der Waals surface area (Å²) >= 11 is 0. The molecule has 1 aliphatic carbocycles. The molecule has 3 aromatic rings. The summed E-state index contributed by atoms with van der Waals surface area (Å²) in [6.07, 6.45) is 6.78. The fraction of sp³-hybridized carbons (Fsp3) is 0.429. The van der Waals surface area contributed by atoms with Crippen LogP contribution in [0, 0.1) is 13.8 Å². The van der Waals surface area contributed by atoms with Gasteiger partial charge < -0.3 is 9.88 Å². The highest BCUT2D eigenvalue weighted by molar-refractivity contribution is 6.14. The van der Waals surface area contributed by atoms with Gasteiger partial charge in [-0.05, 0) is 62.9 Å². The second kappa shape index (κ2) is 8.36. The highest BCUT2D eigenvalue weighted by atomic mass is 16.2. The van der Waals surface area contributed by atoms with Gasteiger partial charge in [-0.3, -0.25) is 14.5 Å². The molecule has 1 atom stereocenters. The minimum Gasteiger partial charge on any atom is -0.351 e. The summed E-state index contributed by atoms with van der Waals surface area (Å²) < 4.78 is 2.03. The molecule has 5 nitrogen and oxygen atoms in total. The Morgan fingerprint density at radius 3 is 2.48 bits per heavy atom. The Bertz CT molecular complexity index is 1220. The number of rotatable bonds is 3. The molecule has 2 heterocycles.